The topological polar surface area (TPSA) is 46.4 Å². The summed E-state index contributed by atoms with van der Waals surface area (Å²) in [5, 5.41) is 2.84. The Bertz CT molecular complexity index is 580. The van der Waals surface area contributed by atoms with E-state index in [9.17, 15) is 9.18 Å². The Morgan fingerprint density at radius 1 is 1.30 bits per heavy atom. The third kappa shape index (κ3) is 4.05. The van der Waals surface area contributed by atoms with Crippen molar-refractivity contribution in [3.8, 4) is 0 Å². The Morgan fingerprint density at radius 2 is 2.15 bits per heavy atom. The molecule has 0 aliphatic carbocycles. The molecule has 4 nitrogen and oxygen atoms in total. The Hall–Kier alpha value is -1.91. The molecule has 5 heteroatoms. The molecule has 0 radical (unpaired) electrons. The van der Waals surface area contributed by atoms with Crippen LogP contribution in [0.25, 0.3) is 5.65 Å². The highest BCUT2D eigenvalue weighted by Crippen LogP contribution is 2.07. The van der Waals surface area contributed by atoms with E-state index in [1.54, 1.807) is 16.7 Å². The van der Waals surface area contributed by atoms with Gasteiger partial charge in [0.1, 0.15) is 11.5 Å². The molecule has 20 heavy (non-hydrogen) atoms. The van der Waals surface area contributed by atoms with Crippen molar-refractivity contribution in [3.05, 3.63) is 36.0 Å². The summed E-state index contributed by atoms with van der Waals surface area (Å²) in [5.74, 6) is -0.259. The molecule has 2 rings (SSSR count). The summed E-state index contributed by atoms with van der Waals surface area (Å²) in [5.41, 5.74) is 1.41. The summed E-state index contributed by atoms with van der Waals surface area (Å²) in [6, 6.07) is 2.99. The summed E-state index contributed by atoms with van der Waals surface area (Å²) in [6.45, 7) is 2.53. The van der Waals surface area contributed by atoms with Gasteiger partial charge in [-0.25, -0.2) is 9.37 Å². The second kappa shape index (κ2) is 7.03. The van der Waals surface area contributed by atoms with E-state index in [4.69, 9.17) is 0 Å². The minimum Gasteiger partial charge on any atom is -0.350 e. The maximum Gasteiger partial charge on any atom is 0.220 e. The summed E-state index contributed by atoms with van der Waals surface area (Å²) in [4.78, 5) is 16.0. The van der Waals surface area contributed by atoms with Crippen molar-refractivity contribution in [3.63, 3.8) is 0 Å². The number of hydrogen-bond acceptors (Lipinski definition) is 2. The predicted octanol–water partition coefficient (Wildman–Crippen LogP) is 3.06. The van der Waals surface area contributed by atoms with Crippen LogP contribution in [-0.2, 0) is 11.3 Å². The van der Waals surface area contributed by atoms with Crippen LogP contribution in [0.5, 0.6) is 0 Å². The molecule has 108 valence electrons. The third-order valence-electron chi connectivity index (χ3n) is 3.19. The standard InChI is InChI=1S/C15H20FN3O/c1-2-3-4-5-6-15(20)17-9-13-11-19-10-12(16)7-8-14(19)18-13/h7-8,10-11H,2-6,9H2,1H3,(H,17,20). The number of imidazole rings is 1. The lowest BCUT2D eigenvalue weighted by Crippen LogP contribution is -2.22. The minimum absolute atomic E-state index is 0.0457. The lowest BCUT2D eigenvalue weighted by Gasteiger charge is -2.02. The van der Waals surface area contributed by atoms with E-state index in [1.807, 2.05) is 0 Å². The highest BCUT2D eigenvalue weighted by Gasteiger charge is 2.05. The van der Waals surface area contributed by atoms with E-state index in [2.05, 4.69) is 17.2 Å². The van der Waals surface area contributed by atoms with Gasteiger partial charge in [0.25, 0.3) is 0 Å². The first-order chi connectivity index (χ1) is 9.69. The van der Waals surface area contributed by atoms with E-state index < -0.39 is 0 Å². The Balaban J connectivity index is 1.81. The first kappa shape index (κ1) is 14.5. The largest absolute Gasteiger partial charge is 0.350 e. The van der Waals surface area contributed by atoms with E-state index in [0.717, 1.165) is 18.5 Å². The van der Waals surface area contributed by atoms with Crippen LogP contribution < -0.4 is 5.32 Å². The summed E-state index contributed by atoms with van der Waals surface area (Å²) in [6.07, 6.45) is 8.02. The highest BCUT2D eigenvalue weighted by atomic mass is 19.1. The second-order valence-electron chi connectivity index (χ2n) is 4.93. The molecule has 0 spiro atoms. The fourth-order valence-corrected chi connectivity index (χ4v) is 2.09. The number of unbranched alkanes of at least 4 members (excludes halogenated alkanes) is 3. The number of halogens is 1. The molecule has 0 saturated heterocycles. The van der Waals surface area contributed by atoms with Gasteiger partial charge in [0, 0.05) is 18.8 Å². The zero-order valence-electron chi connectivity index (χ0n) is 11.7. The van der Waals surface area contributed by atoms with Gasteiger partial charge < -0.3 is 9.72 Å². The smallest absolute Gasteiger partial charge is 0.220 e. The number of carbonyl (C=O) groups is 1. The maximum atomic E-state index is 13.0. The Kier molecular flexibility index (Phi) is 5.09. The minimum atomic E-state index is -0.304. The number of aromatic nitrogens is 2. The van der Waals surface area contributed by atoms with Crippen LogP contribution in [0.15, 0.2) is 24.5 Å². The van der Waals surface area contributed by atoms with E-state index in [-0.39, 0.29) is 11.7 Å². The van der Waals surface area contributed by atoms with Gasteiger partial charge in [-0.05, 0) is 18.6 Å². The van der Waals surface area contributed by atoms with Crippen molar-refractivity contribution < 1.29 is 9.18 Å². The molecule has 1 N–H and O–H groups in total. The average Bonchev–Trinajstić information content (AvgIpc) is 2.83. The van der Waals surface area contributed by atoms with E-state index in [0.29, 0.717) is 18.6 Å². The van der Waals surface area contributed by atoms with Crippen molar-refractivity contribution in [2.45, 2.75) is 45.6 Å². The van der Waals surface area contributed by atoms with Gasteiger partial charge in [-0.3, -0.25) is 4.79 Å². The average molecular weight is 277 g/mol. The van der Waals surface area contributed by atoms with E-state index in [1.165, 1.54) is 25.1 Å². The molecule has 0 saturated carbocycles. The summed E-state index contributed by atoms with van der Waals surface area (Å²) >= 11 is 0. The highest BCUT2D eigenvalue weighted by molar-refractivity contribution is 5.75. The zero-order chi connectivity index (χ0) is 14.4. The Morgan fingerprint density at radius 3 is 2.95 bits per heavy atom. The molecule has 2 aromatic rings. The SMILES string of the molecule is CCCCCCC(=O)NCc1cn2cc(F)ccc2n1. The molecule has 0 fully saturated rings. The van der Waals surface area contributed by atoms with Crippen LogP contribution in [0, 0.1) is 5.82 Å². The number of amides is 1. The van der Waals surface area contributed by atoms with Gasteiger partial charge in [0.05, 0.1) is 12.2 Å². The predicted molar refractivity (Wildman–Crippen MR) is 75.8 cm³/mol. The second-order valence-corrected chi connectivity index (χ2v) is 4.93. The molecule has 2 heterocycles. The number of nitrogens with one attached hydrogen (secondary N) is 1. The Labute approximate surface area is 118 Å². The molecule has 0 aromatic carbocycles. The molecule has 0 unspecified atom stereocenters. The molecular formula is C15H20FN3O. The number of fused-ring (bicyclic) bond motifs is 1. The first-order valence-electron chi connectivity index (χ1n) is 7.09. The quantitative estimate of drug-likeness (QED) is 0.791. The molecule has 1 amide bonds. The van der Waals surface area contributed by atoms with Crippen LogP contribution in [0.4, 0.5) is 4.39 Å². The van der Waals surface area contributed by atoms with Gasteiger partial charge in [-0.2, -0.15) is 0 Å². The van der Waals surface area contributed by atoms with Crippen LogP contribution in [0.2, 0.25) is 0 Å². The van der Waals surface area contributed by atoms with Gasteiger partial charge in [0.2, 0.25) is 5.91 Å². The van der Waals surface area contributed by atoms with Gasteiger partial charge in [-0.1, -0.05) is 26.2 Å². The molecule has 0 atom stereocenters. The fourth-order valence-electron chi connectivity index (χ4n) is 2.09. The lowest BCUT2D eigenvalue weighted by molar-refractivity contribution is -0.121. The molecule has 2 aromatic heterocycles. The zero-order valence-corrected chi connectivity index (χ0v) is 11.7. The number of carbonyl (C=O) groups excluding carboxylic acids is 1. The lowest BCUT2D eigenvalue weighted by atomic mass is 10.1. The number of hydrogen-bond donors (Lipinski definition) is 1. The maximum absolute atomic E-state index is 13.0. The molecule has 0 aliphatic rings. The number of nitrogens with zero attached hydrogens (tertiary/aromatic N) is 2. The first-order valence-corrected chi connectivity index (χ1v) is 7.09. The normalized spacial score (nSPS) is 10.9. The molecule has 0 aliphatic heterocycles. The van der Waals surface area contributed by atoms with Crippen LogP contribution >= 0.6 is 0 Å². The van der Waals surface area contributed by atoms with Crippen molar-refractivity contribution >= 4 is 11.6 Å². The fraction of sp³-hybridized carbons (Fsp3) is 0.467. The van der Waals surface area contributed by atoms with Crippen molar-refractivity contribution in [1.29, 1.82) is 0 Å². The van der Waals surface area contributed by atoms with Gasteiger partial charge in [-0.15, -0.1) is 0 Å². The molecular weight excluding hydrogens is 257 g/mol. The monoisotopic (exact) mass is 277 g/mol. The van der Waals surface area contributed by atoms with E-state index >= 15 is 0 Å². The summed E-state index contributed by atoms with van der Waals surface area (Å²) in [7, 11) is 0. The third-order valence-corrected chi connectivity index (χ3v) is 3.19. The van der Waals surface area contributed by atoms with Crippen molar-refractivity contribution in [2.75, 3.05) is 0 Å². The van der Waals surface area contributed by atoms with Crippen molar-refractivity contribution in [1.82, 2.24) is 14.7 Å². The van der Waals surface area contributed by atoms with Crippen LogP contribution in [0.3, 0.4) is 0 Å². The summed E-state index contributed by atoms with van der Waals surface area (Å²) < 4.78 is 14.7. The molecule has 0 bridgehead atoms. The van der Waals surface area contributed by atoms with Gasteiger partial charge in [0.15, 0.2) is 0 Å². The van der Waals surface area contributed by atoms with Gasteiger partial charge >= 0.3 is 0 Å². The number of rotatable bonds is 7. The van der Waals surface area contributed by atoms with Crippen molar-refractivity contribution in [2.24, 2.45) is 0 Å². The number of pyridine rings is 1. The van der Waals surface area contributed by atoms with Crippen LogP contribution in [-0.4, -0.2) is 15.3 Å². The van der Waals surface area contributed by atoms with Crippen LogP contribution in [0.1, 0.15) is 44.7 Å².